The number of carboxylic acids is 1. The summed E-state index contributed by atoms with van der Waals surface area (Å²) < 4.78 is 26.6. The van der Waals surface area contributed by atoms with Gasteiger partial charge in [-0.05, 0) is 44.9 Å². The zero-order valence-corrected chi connectivity index (χ0v) is 31.1. The number of aliphatic hydroxyl groups excluding tert-OH is 1. The van der Waals surface area contributed by atoms with E-state index in [2.05, 4.69) is 55.6 Å². The summed E-state index contributed by atoms with van der Waals surface area (Å²) in [5, 5.41) is 21.6. The SMILES string of the molecule is CC/C=C\C/C=C\C/C=C\CCCCCCCCCC(=O)OCC(O)COP(=O)(O)OCC(NC(=O)CCCCCCCCCC)C(=O)O. The van der Waals surface area contributed by atoms with Gasteiger partial charge in [0.2, 0.25) is 5.91 Å². The average Bonchev–Trinajstić information content (AvgIpc) is 3.07. The third kappa shape index (κ3) is 32.7. The second kappa shape index (κ2) is 32.9. The maximum Gasteiger partial charge on any atom is 0.472 e. The molecule has 0 aliphatic heterocycles. The minimum absolute atomic E-state index is 0.145. The lowest BCUT2D eigenvalue weighted by Gasteiger charge is -2.18. The second-order valence-electron chi connectivity index (χ2n) is 12.4. The Morgan fingerprint density at radius 1 is 0.673 bits per heavy atom. The summed E-state index contributed by atoms with van der Waals surface area (Å²) >= 11 is 0. The van der Waals surface area contributed by atoms with Gasteiger partial charge in [0.05, 0.1) is 13.2 Å². The molecule has 0 aliphatic rings. The molecule has 3 atom stereocenters. The Labute approximate surface area is 295 Å². The first-order valence-corrected chi connectivity index (χ1v) is 20.0. The topological polar surface area (TPSA) is 169 Å². The molecule has 0 saturated carbocycles. The molecule has 12 heteroatoms. The van der Waals surface area contributed by atoms with E-state index < -0.39 is 57.6 Å². The predicted octanol–water partition coefficient (Wildman–Crippen LogP) is 8.49. The number of aliphatic hydroxyl groups is 1. The molecule has 1 amide bonds. The zero-order chi connectivity index (χ0) is 36.4. The van der Waals surface area contributed by atoms with E-state index in [-0.39, 0.29) is 12.8 Å². The van der Waals surface area contributed by atoms with E-state index in [1.807, 2.05) is 0 Å². The van der Waals surface area contributed by atoms with Crippen LogP contribution in [-0.4, -0.2) is 64.9 Å². The normalized spacial score (nSPS) is 14.4. The van der Waals surface area contributed by atoms with Crippen molar-refractivity contribution in [1.29, 1.82) is 0 Å². The number of phosphoric ester groups is 1. The molecule has 284 valence electrons. The highest BCUT2D eigenvalue weighted by molar-refractivity contribution is 7.47. The third-order valence-electron chi connectivity index (χ3n) is 7.69. The molecule has 0 saturated heterocycles. The maximum absolute atomic E-state index is 12.2. The molecule has 0 aromatic heterocycles. The Bertz CT molecular complexity index is 984. The molecule has 0 spiro atoms. The van der Waals surface area contributed by atoms with Crippen LogP contribution in [0.15, 0.2) is 36.5 Å². The standard InChI is InChI=1S/C37H66NO10P/c1-3-5-7-9-11-13-14-15-16-17-18-19-20-21-23-25-27-29-36(41)46-30-33(39)31-47-49(44,45)48-32-34(37(42)43)38-35(40)28-26-24-22-12-10-8-6-4-2/h5,7,11,13,15-16,33-34,39H,3-4,6,8-10,12,14,17-32H2,1-2H3,(H,38,40)(H,42,43)(H,44,45)/b7-5-,13-11-,16-15-. The number of nitrogens with one attached hydrogen (secondary N) is 1. The van der Waals surface area contributed by atoms with Crippen LogP contribution in [0.4, 0.5) is 0 Å². The van der Waals surface area contributed by atoms with Crippen molar-refractivity contribution in [2.45, 2.75) is 161 Å². The molecule has 0 bridgehead atoms. The van der Waals surface area contributed by atoms with Crippen LogP contribution < -0.4 is 5.32 Å². The highest BCUT2D eigenvalue weighted by Gasteiger charge is 2.28. The lowest BCUT2D eigenvalue weighted by Crippen LogP contribution is -2.43. The van der Waals surface area contributed by atoms with Crippen LogP contribution >= 0.6 is 7.82 Å². The van der Waals surface area contributed by atoms with Crippen molar-refractivity contribution >= 4 is 25.7 Å². The Morgan fingerprint density at radius 3 is 1.78 bits per heavy atom. The van der Waals surface area contributed by atoms with E-state index in [1.165, 1.54) is 38.5 Å². The number of phosphoric acid groups is 1. The summed E-state index contributed by atoms with van der Waals surface area (Å²) in [4.78, 5) is 45.5. The molecular formula is C37H66NO10P. The lowest BCUT2D eigenvalue weighted by molar-refractivity contribution is -0.147. The number of esters is 1. The van der Waals surface area contributed by atoms with Gasteiger partial charge in [0.1, 0.15) is 12.7 Å². The maximum atomic E-state index is 12.2. The fourth-order valence-corrected chi connectivity index (χ4v) is 5.57. The van der Waals surface area contributed by atoms with Gasteiger partial charge in [-0.1, -0.05) is 127 Å². The number of ether oxygens (including phenoxy) is 1. The van der Waals surface area contributed by atoms with Gasteiger partial charge in [-0.15, -0.1) is 0 Å². The highest BCUT2D eigenvalue weighted by Crippen LogP contribution is 2.43. The van der Waals surface area contributed by atoms with Crippen molar-refractivity contribution in [1.82, 2.24) is 5.32 Å². The van der Waals surface area contributed by atoms with Crippen LogP contribution in [0.1, 0.15) is 149 Å². The number of hydrogen-bond acceptors (Lipinski definition) is 8. The predicted molar refractivity (Wildman–Crippen MR) is 194 cm³/mol. The smallest absolute Gasteiger partial charge is 0.472 e. The monoisotopic (exact) mass is 715 g/mol. The van der Waals surface area contributed by atoms with Crippen molar-refractivity contribution < 1.29 is 47.8 Å². The number of carboxylic acid groups (broad SMARTS) is 1. The Morgan fingerprint density at radius 2 is 1.18 bits per heavy atom. The summed E-state index contributed by atoms with van der Waals surface area (Å²) in [6.45, 7) is 2.39. The molecule has 0 heterocycles. The van der Waals surface area contributed by atoms with Crippen molar-refractivity contribution in [2.75, 3.05) is 19.8 Å². The van der Waals surface area contributed by atoms with Crippen LogP contribution in [0.3, 0.4) is 0 Å². The largest absolute Gasteiger partial charge is 0.480 e. The first-order chi connectivity index (χ1) is 23.6. The van der Waals surface area contributed by atoms with E-state index in [0.29, 0.717) is 12.8 Å². The Hall–Kier alpha value is -2.30. The number of unbranched alkanes of at least 4 members (excludes halogenated alkanes) is 14. The van der Waals surface area contributed by atoms with E-state index in [9.17, 15) is 34.1 Å². The molecule has 0 fully saturated rings. The molecule has 0 aromatic rings. The van der Waals surface area contributed by atoms with Gasteiger partial charge in [0, 0.05) is 12.8 Å². The minimum Gasteiger partial charge on any atom is -0.480 e. The number of carbonyl (C=O) groups is 3. The van der Waals surface area contributed by atoms with Gasteiger partial charge in [-0.25, -0.2) is 9.36 Å². The molecule has 49 heavy (non-hydrogen) atoms. The van der Waals surface area contributed by atoms with Crippen molar-refractivity contribution in [2.24, 2.45) is 0 Å². The molecule has 0 aliphatic carbocycles. The Balaban J connectivity index is 3.93. The quantitative estimate of drug-likeness (QED) is 0.0219. The number of aliphatic carboxylic acids is 1. The van der Waals surface area contributed by atoms with Crippen molar-refractivity contribution in [3.8, 4) is 0 Å². The van der Waals surface area contributed by atoms with Crippen LogP contribution in [0.25, 0.3) is 0 Å². The van der Waals surface area contributed by atoms with Gasteiger partial charge in [-0.2, -0.15) is 0 Å². The van der Waals surface area contributed by atoms with Gasteiger partial charge >= 0.3 is 19.8 Å². The summed E-state index contributed by atoms with van der Waals surface area (Å²) in [7, 11) is -4.74. The highest BCUT2D eigenvalue weighted by atomic mass is 31.2. The molecule has 0 radical (unpaired) electrons. The third-order valence-corrected chi connectivity index (χ3v) is 8.64. The number of rotatable bonds is 34. The Kier molecular flexibility index (Phi) is 31.3. The first kappa shape index (κ1) is 46.7. The van der Waals surface area contributed by atoms with E-state index >= 15 is 0 Å². The molecular weight excluding hydrogens is 649 g/mol. The summed E-state index contributed by atoms with van der Waals surface area (Å²) in [5.74, 6) is -2.39. The first-order valence-electron chi connectivity index (χ1n) is 18.5. The summed E-state index contributed by atoms with van der Waals surface area (Å²) in [6, 6.07) is -1.54. The molecule has 3 unspecified atom stereocenters. The molecule has 0 rings (SSSR count). The fourth-order valence-electron chi connectivity index (χ4n) is 4.80. The van der Waals surface area contributed by atoms with Crippen molar-refractivity contribution in [3.05, 3.63) is 36.5 Å². The van der Waals surface area contributed by atoms with Crippen LogP contribution in [0.2, 0.25) is 0 Å². The number of hydrogen-bond donors (Lipinski definition) is 4. The lowest BCUT2D eigenvalue weighted by atomic mass is 10.1. The molecule has 11 nitrogen and oxygen atoms in total. The summed E-state index contributed by atoms with van der Waals surface area (Å²) in [6.07, 6.45) is 32.0. The van der Waals surface area contributed by atoms with Crippen LogP contribution in [0.5, 0.6) is 0 Å². The zero-order valence-electron chi connectivity index (χ0n) is 30.2. The average molecular weight is 716 g/mol. The molecule has 4 N–H and O–H groups in total. The second-order valence-corrected chi connectivity index (χ2v) is 13.8. The number of allylic oxidation sites excluding steroid dienone is 6. The van der Waals surface area contributed by atoms with Crippen LogP contribution in [0, 0.1) is 0 Å². The number of carbonyl (C=O) groups excluding carboxylic acids is 2. The van der Waals surface area contributed by atoms with Gasteiger partial charge in [0.15, 0.2) is 6.04 Å². The van der Waals surface area contributed by atoms with Gasteiger partial charge < -0.3 is 25.2 Å². The van der Waals surface area contributed by atoms with E-state index in [1.54, 1.807) is 0 Å². The molecule has 0 aromatic carbocycles. The van der Waals surface area contributed by atoms with Gasteiger partial charge in [0.25, 0.3) is 0 Å². The fraction of sp³-hybridized carbons (Fsp3) is 0.757. The van der Waals surface area contributed by atoms with Crippen LogP contribution in [-0.2, 0) is 32.7 Å². The van der Waals surface area contributed by atoms with Crippen molar-refractivity contribution in [3.63, 3.8) is 0 Å². The van der Waals surface area contributed by atoms with E-state index in [0.717, 1.165) is 70.6 Å². The summed E-state index contributed by atoms with van der Waals surface area (Å²) in [5.41, 5.74) is 0. The number of amides is 1. The van der Waals surface area contributed by atoms with E-state index in [4.69, 9.17) is 13.8 Å². The minimum atomic E-state index is -4.74. The van der Waals surface area contributed by atoms with Gasteiger partial charge in [-0.3, -0.25) is 18.6 Å².